The minimum Gasteiger partial charge on any atom is -0.480 e. The van der Waals surface area contributed by atoms with E-state index >= 15 is 0 Å². The number of likely N-dealkylation sites (N-methyl/N-ethyl adjacent to an activating group) is 1. The van der Waals surface area contributed by atoms with Crippen molar-refractivity contribution in [3.8, 4) is 0 Å². The molecule has 0 radical (unpaired) electrons. The van der Waals surface area contributed by atoms with Crippen LogP contribution in [0.15, 0.2) is 17.5 Å². The lowest BCUT2D eigenvalue weighted by atomic mass is 10.3. The van der Waals surface area contributed by atoms with Crippen LogP contribution in [0.25, 0.3) is 0 Å². The molecule has 0 unspecified atom stereocenters. The topological polar surface area (TPSA) is 69.6 Å². The zero-order valence-electron chi connectivity index (χ0n) is 9.84. The molecule has 1 rings (SSSR count). The molecule has 0 aromatic carbocycles. The van der Waals surface area contributed by atoms with Gasteiger partial charge >= 0.3 is 5.97 Å². The van der Waals surface area contributed by atoms with Gasteiger partial charge in [-0.1, -0.05) is 6.07 Å². The molecule has 0 aliphatic heterocycles. The summed E-state index contributed by atoms with van der Waals surface area (Å²) in [5.74, 6) is -1.08. The summed E-state index contributed by atoms with van der Waals surface area (Å²) in [6.07, 6.45) is 0. The molecule has 17 heavy (non-hydrogen) atoms. The third-order valence-corrected chi connectivity index (χ3v) is 3.19. The lowest BCUT2D eigenvalue weighted by molar-refractivity contribution is -0.139. The maximum atomic E-state index is 11.7. The highest BCUT2D eigenvalue weighted by molar-refractivity contribution is 7.09. The van der Waals surface area contributed by atoms with Crippen molar-refractivity contribution in [3.05, 3.63) is 22.4 Å². The first-order valence-electron chi connectivity index (χ1n) is 5.23. The normalized spacial score (nSPS) is 12.1. The number of nitrogens with zero attached hydrogens (tertiary/aromatic N) is 1. The number of nitrogens with one attached hydrogen (secondary N) is 1. The van der Waals surface area contributed by atoms with E-state index in [0.29, 0.717) is 6.54 Å². The highest BCUT2D eigenvalue weighted by atomic mass is 32.1. The first kappa shape index (κ1) is 13.7. The molecule has 0 aliphatic carbocycles. The second-order valence-electron chi connectivity index (χ2n) is 3.77. The van der Waals surface area contributed by atoms with Crippen LogP contribution >= 0.6 is 11.3 Å². The molecule has 1 heterocycles. The molecule has 0 saturated heterocycles. The van der Waals surface area contributed by atoms with E-state index in [-0.39, 0.29) is 12.5 Å². The van der Waals surface area contributed by atoms with Crippen molar-refractivity contribution in [2.45, 2.75) is 19.5 Å². The fraction of sp³-hybridized carbons (Fsp3) is 0.455. The van der Waals surface area contributed by atoms with E-state index in [0.717, 1.165) is 4.88 Å². The first-order chi connectivity index (χ1) is 8.00. The average Bonchev–Trinajstić information content (AvgIpc) is 2.77. The lowest BCUT2D eigenvalue weighted by Crippen LogP contribution is -2.41. The maximum Gasteiger partial charge on any atom is 0.320 e. The third-order valence-electron chi connectivity index (χ3n) is 2.33. The van der Waals surface area contributed by atoms with Gasteiger partial charge in [-0.3, -0.25) is 14.9 Å². The highest BCUT2D eigenvalue weighted by Gasteiger charge is 2.14. The molecule has 6 heteroatoms. The van der Waals surface area contributed by atoms with Crippen LogP contribution in [-0.2, 0) is 16.1 Å². The van der Waals surface area contributed by atoms with E-state index in [1.54, 1.807) is 23.3 Å². The van der Waals surface area contributed by atoms with Gasteiger partial charge in [0.2, 0.25) is 5.91 Å². The van der Waals surface area contributed by atoms with Crippen LogP contribution in [0, 0.1) is 0 Å². The van der Waals surface area contributed by atoms with E-state index in [1.165, 1.54) is 6.92 Å². The van der Waals surface area contributed by atoms with E-state index in [9.17, 15) is 9.59 Å². The Morgan fingerprint density at radius 2 is 2.29 bits per heavy atom. The highest BCUT2D eigenvalue weighted by Crippen LogP contribution is 2.10. The molecule has 0 fully saturated rings. The smallest absolute Gasteiger partial charge is 0.320 e. The van der Waals surface area contributed by atoms with Crippen molar-refractivity contribution in [2.24, 2.45) is 0 Å². The van der Waals surface area contributed by atoms with Crippen LogP contribution < -0.4 is 5.32 Å². The molecule has 5 nitrogen and oxygen atoms in total. The second kappa shape index (κ2) is 6.36. The van der Waals surface area contributed by atoms with Gasteiger partial charge in [0, 0.05) is 11.9 Å². The Kier molecular flexibility index (Phi) is 5.11. The Morgan fingerprint density at radius 3 is 2.82 bits per heavy atom. The molecule has 0 bridgehead atoms. The summed E-state index contributed by atoms with van der Waals surface area (Å²) in [5.41, 5.74) is 0. The average molecular weight is 256 g/mol. The van der Waals surface area contributed by atoms with Crippen molar-refractivity contribution in [3.63, 3.8) is 0 Å². The zero-order valence-corrected chi connectivity index (χ0v) is 10.7. The predicted molar refractivity (Wildman–Crippen MR) is 65.9 cm³/mol. The Labute approximate surface area is 104 Å². The number of thiophene rings is 1. The summed E-state index contributed by atoms with van der Waals surface area (Å²) in [4.78, 5) is 24.9. The number of aliphatic carboxylic acids is 1. The Hall–Kier alpha value is -1.40. The number of carbonyl (C=O) groups excluding carboxylic acids is 1. The quantitative estimate of drug-likeness (QED) is 0.788. The Morgan fingerprint density at radius 1 is 1.59 bits per heavy atom. The van der Waals surface area contributed by atoms with E-state index in [2.05, 4.69) is 5.32 Å². The number of rotatable bonds is 6. The maximum absolute atomic E-state index is 11.7. The number of carboxylic acid groups (broad SMARTS) is 1. The molecule has 0 aliphatic rings. The van der Waals surface area contributed by atoms with Gasteiger partial charge in [-0.25, -0.2) is 0 Å². The van der Waals surface area contributed by atoms with Gasteiger partial charge in [0.25, 0.3) is 0 Å². The van der Waals surface area contributed by atoms with Gasteiger partial charge in [-0.2, -0.15) is 0 Å². The van der Waals surface area contributed by atoms with E-state index in [4.69, 9.17) is 5.11 Å². The number of carboxylic acids is 1. The molecule has 1 amide bonds. The van der Waals surface area contributed by atoms with Gasteiger partial charge < -0.3 is 10.0 Å². The van der Waals surface area contributed by atoms with E-state index < -0.39 is 12.0 Å². The Balaban J connectivity index is 2.34. The molecule has 1 aromatic rings. The SMILES string of the molecule is C[C@@H](NCC(=O)N(C)Cc1cccs1)C(=O)O. The van der Waals surface area contributed by atoms with Crippen molar-refractivity contribution in [1.82, 2.24) is 10.2 Å². The summed E-state index contributed by atoms with van der Waals surface area (Å²) in [7, 11) is 1.70. The van der Waals surface area contributed by atoms with Gasteiger partial charge in [0.1, 0.15) is 6.04 Å². The fourth-order valence-electron chi connectivity index (χ4n) is 1.19. The lowest BCUT2D eigenvalue weighted by Gasteiger charge is -2.17. The minimum atomic E-state index is -0.960. The largest absolute Gasteiger partial charge is 0.480 e. The van der Waals surface area contributed by atoms with Crippen molar-refractivity contribution in [2.75, 3.05) is 13.6 Å². The van der Waals surface area contributed by atoms with Crippen LogP contribution in [0.5, 0.6) is 0 Å². The van der Waals surface area contributed by atoms with Gasteiger partial charge in [0.05, 0.1) is 13.1 Å². The molecule has 1 aromatic heterocycles. The molecular weight excluding hydrogens is 240 g/mol. The summed E-state index contributed by atoms with van der Waals surface area (Å²) in [6.45, 7) is 2.10. The number of carbonyl (C=O) groups is 2. The van der Waals surface area contributed by atoms with Crippen LogP contribution in [0.3, 0.4) is 0 Å². The molecule has 94 valence electrons. The molecule has 0 spiro atoms. The van der Waals surface area contributed by atoms with Crippen LogP contribution in [0.2, 0.25) is 0 Å². The van der Waals surface area contributed by atoms with Crippen LogP contribution in [0.4, 0.5) is 0 Å². The summed E-state index contributed by atoms with van der Waals surface area (Å²) in [6, 6.07) is 3.18. The monoisotopic (exact) mass is 256 g/mol. The first-order valence-corrected chi connectivity index (χ1v) is 6.11. The summed E-state index contributed by atoms with van der Waals surface area (Å²) < 4.78 is 0. The number of hydrogen-bond acceptors (Lipinski definition) is 4. The Bertz CT molecular complexity index is 378. The number of amides is 1. The molecule has 1 atom stereocenters. The van der Waals surface area contributed by atoms with Gasteiger partial charge in [-0.15, -0.1) is 11.3 Å². The third kappa shape index (κ3) is 4.54. The van der Waals surface area contributed by atoms with Crippen LogP contribution in [-0.4, -0.2) is 41.5 Å². The van der Waals surface area contributed by atoms with E-state index in [1.807, 2.05) is 17.5 Å². The van der Waals surface area contributed by atoms with Gasteiger partial charge in [0.15, 0.2) is 0 Å². The summed E-state index contributed by atoms with van der Waals surface area (Å²) >= 11 is 1.59. The standard InChI is InChI=1S/C11H16N2O3S/c1-8(11(15)16)12-6-10(14)13(2)7-9-4-3-5-17-9/h3-5,8,12H,6-7H2,1-2H3,(H,15,16)/t8-/m1/s1. The second-order valence-corrected chi connectivity index (χ2v) is 4.80. The predicted octanol–water partition coefficient (Wildman–Crippen LogP) is 0.769. The van der Waals surface area contributed by atoms with Crippen molar-refractivity contribution < 1.29 is 14.7 Å². The number of hydrogen-bond donors (Lipinski definition) is 2. The molecule has 2 N–H and O–H groups in total. The summed E-state index contributed by atoms with van der Waals surface area (Å²) in [5, 5.41) is 13.3. The van der Waals surface area contributed by atoms with Crippen molar-refractivity contribution in [1.29, 1.82) is 0 Å². The van der Waals surface area contributed by atoms with Gasteiger partial charge in [-0.05, 0) is 18.4 Å². The van der Waals surface area contributed by atoms with Crippen LogP contribution in [0.1, 0.15) is 11.8 Å². The zero-order chi connectivity index (χ0) is 12.8. The minimum absolute atomic E-state index is 0.0370. The fourth-order valence-corrected chi connectivity index (χ4v) is 1.94. The van der Waals surface area contributed by atoms with Crippen molar-refractivity contribution >= 4 is 23.2 Å². The molecular formula is C11H16N2O3S. The molecule has 0 saturated carbocycles.